The van der Waals surface area contributed by atoms with Crippen molar-refractivity contribution < 1.29 is 14.1 Å². The van der Waals surface area contributed by atoms with Gasteiger partial charge in [0, 0.05) is 6.04 Å². The number of carbonyl (C=O) groups is 1. The third kappa shape index (κ3) is 4.18. The standard InChI is InChI=1S/C15H20ClFN2O/c1-10(11-6-7-11)18-15(20)9-19(2)8-12-13(16)4-3-5-14(12)17/h3-5,10-11H,6-9H2,1-2H3,(H,18,20)/p+1/t10-/m0/s1. The highest BCUT2D eigenvalue weighted by Crippen LogP contribution is 2.32. The van der Waals surface area contributed by atoms with Gasteiger partial charge in [-0.05, 0) is 37.8 Å². The third-order valence-corrected chi connectivity index (χ3v) is 4.07. The van der Waals surface area contributed by atoms with E-state index < -0.39 is 0 Å². The number of benzene rings is 1. The van der Waals surface area contributed by atoms with E-state index in [1.807, 2.05) is 14.0 Å². The molecule has 1 saturated carbocycles. The van der Waals surface area contributed by atoms with Crippen molar-refractivity contribution in [3.05, 3.63) is 34.6 Å². The molecule has 0 heterocycles. The summed E-state index contributed by atoms with van der Waals surface area (Å²) in [6.45, 7) is 2.76. The maximum atomic E-state index is 13.7. The molecule has 0 aromatic heterocycles. The Morgan fingerprint density at radius 1 is 1.55 bits per heavy atom. The summed E-state index contributed by atoms with van der Waals surface area (Å²) < 4.78 is 13.7. The molecule has 0 radical (unpaired) electrons. The third-order valence-electron chi connectivity index (χ3n) is 3.72. The lowest BCUT2D eigenvalue weighted by Gasteiger charge is -2.17. The van der Waals surface area contributed by atoms with Crippen molar-refractivity contribution in [2.24, 2.45) is 5.92 Å². The molecule has 1 aliphatic carbocycles. The van der Waals surface area contributed by atoms with Crippen molar-refractivity contribution >= 4 is 17.5 Å². The van der Waals surface area contributed by atoms with Gasteiger partial charge in [-0.2, -0.15) is 0 Å². The zero-order valence-electron chi connectivity index (χ0n) is 11.9. The largest absolute Gasteiger partial charge is 0.348 e. The lowest BCUT2D eigenvalue weighted by molar-refractivity contribution is -0.885. The number of carbonyl (C=O) groups excluding carboxylic acids is 1. The van der Waals surface area contributed by atoms with Gasteiger partial charge in [-0.15, -0.1) is 0 Å². The van der Waals surface area contributed by atoms with Gasteiger partial charge in [-0.3, -0.25) is 4.79 Å². The van der Waals surface area contributed by atoms with Crippen LogP contribution in [0.1, 0.15) is 25.3 Å². The summed E-state index contributed by atoms with van der Waals surface area (Å²) >= 11 is 5.99. The van der Waals surface area contributed by atoms with Crippen molar-refractivity contribution in [1.29, 1.82) is 0 Å². The molecule has 20 heavy (non-hydrogen) atoms. The van der Waals surface area contributed by atoms with E-state index in [1.54, 1.807) is 12.1 Å². The van der Waals surface area contributed by atoms with Crippen LogP contribution >= 0.6 is 11.6 Å². The van der Waals surface area contributed by atoms with Crippen LogP contribution in [0.25, 0.3) is 0 Å². The number of halogens is 2. The minimum atomic E-state index is -0.316. The summed E-state index contributed by atoms with van der Waals surface area (Å²) in [6, 6.07) is 4.89. The van der Waals surface area contributed by atoms with Crippen LogP contribution in [0.3, 0.4) is 0 Å². The number of amides is 1. The first-order valence-corrected chi connectivity index (χ1v) is 7.38. The molecule has 0 aliphatic heterocycles. The van der Waals surface area contributed by atoms with E-state index in [-0.39, 0.29) is 17.8 Å². The molecule has 1 unspecified atom stereocenters. The maximum absolute atomic E-state index is 13.7. The Balaban J connectivity index is 1.85. The lowest BCUT2D eigenvalue weighted by Crippen LogP contribution is -3.09. The molecular weight excluding hydrogens is 279 g/mol. The Hall–Kier alpha value is -1.13. The summed E-state index contributed by atoms with van der Waals surface area (Å²) in [5, 5.41) is 3.41. The smallest absolute Gasteiger partial charge is 0.275 e. The molecule has 2 rings (SSSR count). The van der Waals surface area contributed by atoms with Crippen LogP contribution in [-0.4, -0.2) is 25.5 Å². The van der Waals surface area contributed by atoms with E-state index in [1.165, 1.54) is 18.9 Å². The Morgan fingerprint density at radius 3 is 2.85 bits per heavy atom. The summed E-state index contributed by atoms with van der Waals surface area (Å²) in [4.78, 5) is 12.8. The van der Waals surface area contributed by atoms with Gasteiger partial charge in [0.1, 0.15) is 12.4 Å². The van der Waals surface area contributed by atoms with Gasteiger partial charge in [0.15, 0.2) is 6.54 Å². The fourth-order valence-electron chi connectivity index (χ4n) is 2.36. The molecule has 110 valence electrons. The molecule has 1 fully saturated rings. The zero-order chi connectivity index (χ0) is 14.7. The molecule has 0 spiro atoms. The first-order valence-electron chi connectivity index (χ1n) is 7.01. The second-order valence-corrected chi connectivity index (χ2v) is 6.11. The van der Waals surface area contributed by atoms with E-state index >= 15 is 0 Å². The second-order valence-electron chi connectivity index (χ2n) is 5.70. The molecule has 1 aromatic carbocycles. The fraction of sp³-hybridized carbons (Fsp3) is 0.533. The molecule has 1 amide bonds. The SMILES string of the molecule is C[C@H](NC(=O)C[NH+](C)Cc1c(F)cccc1Cl)C1CC1. The van der Waals surface area contributed by atoms with Gasteiger partial charge in [0.2, 0.25) is 0 Å². The van der Waals surface area contributed by atoms with Crippen molar-refractivity contribution in [3.63, 3.8) is 0 Å². The molecule has 1 aromatic rings. The van der Waals surface area contributed by atoms with Crippen LogP contribution < -0.4 is 10.2 Å². The van der Waals surface area contributed by atoms with E-state index in [0.717, 1.165) is 4.90 Å². The van der Waals surface area contributed by atoms with Crippen molar-refractivity contribution in [1.82, 2.24) is 5.32 Å². The predicted octanol–water partition coefficient (Wildman–Crippen LogP) is 1.41. The molecule has 0 saturated heterocycles. The maximum Gasteiger partial charge on any atom is 0.275 e. The quantitative estimate of drug-likeness (QED) is 0.818. The lowest BCUT2D eigenvalue weighted by atomic mass is 10.2. The first kappa shape index (κ1) is 15.3. The normalized spacial score (nSPS) is 17.6. The van der Waals surface area contributed by atoms with E-state index in [0.29, 0.717) is 29.6 Å². The number of rotatable bonds is 6. The van der Waals surface area contributed by atoms with Gasteiger partial charge in [-0.1, -0.05) is 17.7 Å². The Morgan fingerprint density at radius 2 is 2.25 bits per heavy atom. The summed E-state index contributed by atoms with van der Waals surface area (Å²) in [6.07, 6.45) is 2.41. The fourth-order valence-corrected chi connectivity index (χ4v) is 2.59. The van der Waals surface area contributed by atoms with Crippen LogP contribution in [0.2, 0.25) is 5.02 Å². The summed E-state index contributed by atoms with van der Waals surface area (Å²) in [7, 11) is 1.87. The highest BCUT2D eigenvalue weighted by molar-refractivity contribution is 6.31. The number of hydrogen-bond acceptors (Lipinski definition) is 1. The van der Waals surface area contributed by atoms with Gasteiger partial charge >= 0.3 is 0 Å². The Bertz CT molecular complexity index is 471. The van der Waals surface area contributed by atoms with Gasteiger partial charge in [0.05, 0.1) is 17.6 Å². The molecular formula is C15H21ClFN2O+. The monoisotopic (exact) mass is 299 g/mol. The minimum absolute atomic E-state index is 0.00867. The number of hydrogen-bond donors (Lipinski definition) is 2. The molecule has 2 N–H and O–H groups in total. The summed E-state index contributed by atoms with van der Waals surface area (Å²) in [5.74, 6) is 0.332. The number of quaternary nitrogens is 1. The molecule has 3 nitrogen and oxygen atoms in total. The Labute approximate surface area is 124 Å². The Kier molecular flexibility index (Phi) is 5.00. The molecule has 0 bridgehead atoms. The first-order chi connectivity index (χ1) is 9.47. The molecule has 2 atom stereocenters. The van der Waals surface area contributed by atoms with Crippen LogP contribution in [0, 0.1) is 11.7 Å². The topological polar surface area (TPSA) is 33.5 Å². The van der Waals surface area contributed by atoms with Gasteiger partial charge < -0.3 is 10.2 Å². The second kappa shape index (κ2) is 6.55. The molecule has 5 heteroatoms. The van der Waals surface area contributed by atoms with E-state index in [9.17, 15) is 9.18 Å². The van der Waals surface area contributed by atoms with Crippen LogP contribution in [0.4, 0.5) is 4.39 Å². The van der Waals surface area contributed by atoms with Crippen molar-refractivity contribution in [2.75, 3.05) is 13.6 Å². The average molecular weight is 300 g/mol. The highest BCUT2D eigenvalue weighted by atomic mass is 35.5. The predicted molar refractivity (Wildman–Crippen MR) is 77.2 cm³/mol. The van der Waals surface area contributed by atoms with E-state index in [4.69, 9.17) is 11.6 Å². The van der Waals surface area contributed by atoms with Crippen LogP contribution in [0.5, 0.6) is 0 Å². The van der Waals surface area contributed by atoms with Crippen LogP contribution in [0.15, 0.2) is 18.2 Å². The van der Waals surface area contributed by atoms with E-state index in [2.05, 4.69) is 5.32 Å². The van der Waals surface area contributed by atoms with Gasteiger partial charge in [-0.25, -0.2) is 4.39 Å². The zero-order valence-corrected chi connectivity index (χ0v) is 12.6. The average Bonchev–Trinajstić information content (AvgIpc) is 3.17. The van der Waals surface area contributed by atoms with Crippen LogP contribution in [-0.2, 0) is 11.3 Å². The highest BCUT2D eigenvalue weighted by Gasteiger charge is 2.29. The van der Waals surface area contributed by atoms with Crippen molar-refractivity contribution in [3.8, 4) is 0 Å². The summed E-state index contributed by atoms with van der Waals surface area (Å²) in [5.41, 5.74) is 0.467. The number of likely N-dealkylation sites (N-methyl/N-ethyl adjacent to an activating group) is 1. The van der Waals surface area contributed by atoms with Gasteiger partial charge in [0.25, 0.3) is 5.91 Å². The molecule has 1 aliphatic rings. The minimum Gasteiger partial charge on any atom is -0.348 e. The number of nitrogens with one attached hydrogen (secondary N) is 2. The van der Waals surface area contributed by atoms with Crippen molar-refractivity contribution in [2.45, 2.75) is 32.4 Å².